The first-order chi connectivity index (χ1) is 12.2. The van der Waals surface area contributed by atoms with Gasteiger partial charge >= 0.3 is 6.18 Å². The number of primary amides is 1. The van der Waals surface area contributed by atoms with Gasteiger partial charge in [0.25, 0.3) is 5.91 Å². The lowest BCUT2D eigenvalue weighted by molar-refractivity contribution is -0.141. The van der Waals surface area contributed by atoms with Gasteiger partial charge < -0.3 is 16.4 Å². The molecule has 0 spiro atoms. The highest BCUT2D eigenvalue weighted by Gasteiger charge is 2.34. The van der Waals surface area contributed by atoms with Crippen LogP contribution < -0.4 is 16.4 Å². The van der Waals surface area contributed by atoms with Gasteiger partial charge in [-0.2, -0.15) is 13.2 Å². The van der Waals surface area contributed by atoms with Gasteiger partial charge in [-0.05, 0) is 31.5 Å². The van der Waals surface area contributed by atoms with Gasteiger partial charge in [0.15, 0.2) is 0 Å². The van der Waals surface area contributed by atoms with Crippen LogP contribution in [0.5, 0.6) is 0 Å². The fourth-order valence-corrected chi connectivity index (χ4v) is 2.80. The summed E-state index contributed by atoms with van der Waals surface area (Å²) in [5.74, 6) is -1.95. The van der Waals surface area contributed by atoms with Crippen molar-refractivity contribution in [2.24, 2.45) is 5.73 Å². The lowest BCUT2D eigenvalue weighted by Gasteiger charge is -2.23. The van der Waals surface area contributed by atoms with Crippen LogP contribution in [0.25, 0.3) is 0 Å². The summed E-state index contributed by atoms with van der Waals surface area (Å²) >= 11 is 0. The molecule has 3 amide bonds. The number of benzene rings is 1. The minimum Gasteiger partial charge on any atom is -0.366 e. The van der Waals surface area contributed by atoms with E-state index in [0.29, 0.717) is 19.4 Å². The quantitative estimate of drug-likeness (QED) is 0.689. The Balaban J connectivity index is 1.95. The lowest BCUT2D eigenvalue weighted by atomic mass is 10.1. The van der Waals surface area contributed by atoms with E-state index in [-0.39, 0.29) is 17.8 Å². The molecule has 0 bridgehead atoms. The van der Waals surface area contributed by atoms with Crippen LogP contribution in [0.3, 0.4) is 0 Å². The Morgan fingerprint density at radius 1 is 1.23 bits per heavy atom. The Kier molecular flexibility index (Phi) is 6.19. The summed E-state index contributed by atoms with van der Waals surface area (Å²) in [5.41, 5.74) is 5.62. The number of anilines is 1. The van der Waals surface area contributed by atoms with Gasteiger partial charge in [-0.15, -0.1) is 0 Å². The van der Waals surface area contributed by atoms with Gasteiger partial charge in [0.1, 0.15) is 6.54 Å². The van der Waals surface area contributed by atoms with Crippen molar-refractivity contribution >= 4 is 23.4 Å². The van der Waals surface area contributed by atoms with Crippen LogP contribution in [-0.2, 0) is 9.59 Å². The fourth-order valence-electron chi connectivity index (χ4n) is 2.80. The predicted molar refractivity (Wildman–Crippen MR) is 87.2 cm³/mol. The number of carbonyl (C=O) groups excluding carboxylic acids is 3. The molecule has 4 N–H and O–H groups in total. The maximum absolute atomic E-state index is 12.2. The molecule has 0 saturated carbocycles. The van der Waals surface area contributed by atoms with Crippen LogP contribution in [0, 0.1) is 0 Å². The van der Waals surface area contributed by atoms with E-state index < -0.39 is 36.5 Å². The van der Waals surface area contributed by atoms with Crippen LogP contribution in [0.15, 0.2) is 24.3 Å². The Hall–Kier alpha value is -2.62. The van der Waals surface area contributed by atoms with Crippen LogP contribution in [0.1, 0.15) is 23.2 Å². The largest absolute Gasteiger partial charge is 0.405 e. The summed E-state index contributed by atoms with van der Waals surface area (Å²) < 4.78 is 36.7. The molecule has 0 radical (unpaired) electrons. The first kappa shape index (κ1) is 19.7. The number of alkyl halides is 3. The van der Waals surface area contributed by atoms with E-state index in [0.717, 1.165) is 0 Å². The average molecular weight is 372 g/mol. The number of hydrogen-bond acceptors (Lipinski definition) is 4. The normalized spacial score (nSPS) is 17.7. The van der Waals surface area contributed by atoms with Crippen LogP contribution in [0.2, 0.25) is 0 Å². The van der Waals surface area contributed by atoms with Crippen LogP contribution >= 0.6 is 0 Å². The highest BCUT2D eigenvalue weighted by Crippen LogP contribution is 2.19. The van der Waals surface area contributed by atoms with Crippen molar-refractivity contribution in [1.82, 2.24) is 10.2 Å². The number of amides is 3. The number of nitrogens with zero attached hydrogens (tertiary/aromatic N) is 1. The Bertz CT molecular complexity index is 694. The third kappa shape index (κ3) is 5.45. The summed E-state index contributed by atoms with van der Waals surface area (Å²) in [4.78, 5) is 37.0. The number of likely N-dealkylation sites (tertiary alicyclic amines) is 1. The molecular formula is C16H19F3N4O3. The van der Waals surface area contributed by atoms with E-state index in [2.05, 4.69) is 5.32 Å². The molecule has 1 unspecified atom stereocenters. The number of nitrogens with one attached hydrogen (secondary N) is 2. The van der Waals surface area contributed by atoms with Gasteiger partial charge in [-0.25, -0.2) is 0 Å². The molecule has 0 aliphatic carbocycles. The van der Waals surface area contributed by atoms with Crippen molar-refractivity contribution in [3.63, 3.8) is 0 Å². The third-order valence-corrected chi connectivity index (χ3v) is 3.94. The molecule has 0 aromatic heterocycles. The van der Waals surface area contributed by atoms with Gasteiger partial charge in [0.2, 0.25) is 11.8 Å². The topological polar surface area (TPSA) is 105 Å². The molecule has 1 saturated heterocycles. The second-order valence-electron chi connectivity index (χ2n) is 5.92. The molecule has 1 aromatic rings. The first-order valence-electron chi connectivity index (χ1n) is 7.94. The molecule has 2 rings (SSSR count). The highest BCUT2D eigenvalue weighted by molar-refractivity contribution is 6.03. The van der Waals surface area contributed by atoms with Gasteiger partial charge in [-0.3, -0.25) is 19.3 Å². The van der Waals surface area contributed by atoms with E-state index in [1.807, 2.05) is 5.32 Å². The smallest absolute Gasteiger partial charge is 0.366 e. The van der Waals surface area contributed by atoms with E-state index in [1.54, 1.807) is 12.1 Å². The minimum absolute atomic E-state index is 0.141. The predicted octanol–water partition coefficient (Wildman–Crippen LogP) is 0.867. The van der Waals surface area contributed by atoms with Gasteiger partial charge in [0, 0.05) is 0 Å². The molecule has 1 fully saturated rings. The van der Waals surface area contributed by atoms with Crippen LogP contribution in [-0.4, -0.2) is 54.5 Å². The van der Waals surface area contributed by atoms with Crippen molar-refractivity contribution in [3.05, 3.63) is 29.8 Å². The maximum Gasteiger partial charge on any atom is 0.405 e. The summed E-state index contributed by atoms with van der Waals surface area (Å²) in [6.45, 7) is -1.18. The van der Waals surface area contributed by atoms with Crippen LogP contribution in [0.4, 0.5) is 18.9 Å². The Labute approximate surface area is 147 Å². The lowest BCUT2D eigenvalue weighted by Crippen LogP contribution is -2.48. The zero-order chi connectivity index (χ0) is 19.3. The zero-order valence-corrected chi connectivity index (χ0v) is 13.8. The summed E-state index contributed by atoms with van der Waals surface area (Å²) in [7, 11) is 0. The molecular weight excluding hydrogens is 353 g/mol. The highest BCUT2D eigenvalue weighted by atomic mass is 19.4. The second-order valence-corrected chi connectivity index (χ2v) is 5.92. The molecule has 10 heteroatoms. The van der Waals surface area contributed by atoms with E-state index in [1.165, 1.54) is 17.0 Å². The molecule has 1 aliphatic rings. The Morgan fingerprint density at radius 3 is 2.58 bits per heavy atom. The molecule has 1 aliphatic heterocycles. The van der Waals surface area contributed by atoms with E-state index in [4.69, 9.17) is 5.73 Å². The van der Waals surface area contributed by atoms with Gasteiger partial charge in [0.05, 0.1) is 23.8 Å². The SMILES string of the molecule is NC(=O)c1ccccc1NC(=O)CN1CCCC1C(=O)NCC(F)(F)F. The number of para-hydroxylation sites is 1. The number of rotatable bonds is 6. The standard InChI is InChI=1S/C16H19F3N4O3/c17-16(18,19)9-21-15(26)12-6-3-7-23(12)8-13(24)22-11-5-2-1-4-10(11)14(20)25/h1-2,4-5,12H,3,6-9H2,(H2,20,25)(H,21,26)(H,22,24). The number of hydrogen-bond donors (Lipinski definition) is 3. The van der Waals surface area contributed by atoms with Crippen molar-refractivity contribution in [1.29, 1.82) is 0 Å². The van der Waals surface area contributed by atoms with E-state index >= 15 is 0 Å². The van der Waals surface area contributed by atoms with E-state index in [9.17, 15) is 27.6 Å². The van der Waals surface area contributed by atoms with Crippen molar-refractivity contribution in [2.45, 2.75) is 25.1 Å². The fraction of sp³-hybridized carbons (Fsp3) is 0.438. The first-order valence-corrected chi connectivity index (χ1v) is 7.94. The molecule has 142 valence electrons. The maximum atomic E-state index is 12.2. The molecule has 1 heterocycles. The second kappa shape index (κ2) is 8.17. The number of carbonyl (C=O) groups is 3. The third-order valence-electron chi connectivity index (χ3n) is 3.94. The molecule has 7 nitrogen and oxygen atoms in total. The van der Waals surface area contributed by atoms with Crippen molar-refractivity contribution in [3.8, 4) is 0 Å². The Morgan fingerprint density at radius 2 is 1.92 bits per heavy atom. The molecule has 1 atom stereocenters. The monoisotopic (exact) mass is 372 g/mol. The number of halogens is 3. The minimum atomic E-state index is -4.49. The summed E-state index contributed by atoms with van der Waals surface area (Å²) in [6, 6.07) is 5.38. The van der Waals surface area contributed by atoms with Crippen molar-refractivity contribution < 1.29 is 27.6 Å². The average Bonchev–Trinajstić information content (AvgIpc) is 3.00. The van der Waals surface area contributed by atoms with Crippen molar-refractivity contribution in [2.75, 3.05) is 25.0 Å². The van der Waals surface area contributed by atoms with Gasteiger partial charge in [-0.1, -0.05) is 12.1 Å². The summed E-state index contributed by atoms with van der Waals surface area (Å²) in [5, 5.41) is 4.38. The summed E-state index contributed by atoms with van der Waals surface area (Å²) in [6.07, 6.45) is -3.53. The zero-order valence-electron chi connectivity index (χ0n) is 13.8. The number of nitrogens with two attached hydrogens (primary N) is 1. The molecule has 26 heavy (non-hydrogen) atoms. The molecule has 1 aromatic carbocycles.